The Labute approximate surface area is 106 Å². The fourth-order valence-corrected chi connectivity index (χ4v) is 2.27. The molecule has 0 spiro atoms. The fourth-order valence-electron chi connectivity index (χ4n) is 2.27. The number of hydrogen-bond acceptors (Lipinski definition) is 1. The summed E-state index contributed by atoms with van der Waals surface area (Å²) in [6, 6.07) is 0. The minimum atomic E-state index is 0.485. The Morgan fingerprint density at radius 1 is 1.24 bits per heavy atom. The van der Waals surface area contributed by atoms with Crippen molar-refractivity contribution in [2.24, 2.45) is 28.0 Å². The summed E-state index contributed by atoms with van der Waals surface area (Å²) < 4.78 is 0. The number of aliphatic imine (C=N–C) groups is 1. The summed E-state index contributed by atoms with van der Waals surface area (Å²) in [6.45, 7) is 10.9. The average molecular weight is 239 g/mol. The van der Waals surface area contributed by atoms with Crippen LogP contribution in [0.5, 0.6) is 0 Å². The lowest BCUT2D eigenvalue weighted by Gasteiger charge is -2.15. The quantitative estimate of drug-likeness (QED) is 0.530. The second kappa shape index (κ2) is 6.27. The molecule has 17 heavy (non-hydrogen) atoms. The molecule has 0 aromatic rings. The molecule has 0 aliphatic heterocycles. The highest BCUT2D eigenvalue weighted by Gasteiger charge is 2.42. The smallest absolute Gasteiger partial charge is 0.188 e. The molecule has 1 aliphatic carbocycles. The maximum Gasteiger partial charge on any atom is 0.188 e. The van der Waals surface area contributed by atoms with Crippen molar-refractivity contribution >= 4 is 5.96 Å². The van der Waals surface area contributed by atoms with Crippen LogP contribution in [0, 0.1) is 17.3 Å². The lowest BCUT2D eigenvalue weighted by molar-refractivity contribution is 0.398. The Balaban J connectivity index is 2.23. The van der Waals surface area contributed by atoms with Gasteiger partial charge in [-0.25, -0.2) is 0 Å². The lowest BCUT2D eigenvalue weighted by Crippen LogP contribution is -2.33. The molecule has 0 radical (unpaired) electrons. The van der Waals surface area contributed by atoms with Gasteiger partial charge in [0.25, 0.3) is 0 Å². The molecule has 3 nitrogen and oxygen atoms in total. The van der Waals surface area contributed by atoms with Gasteiger partial charge in [0.1, 0.15) is 0 Å². The van der Waals surface area contributed by atoms with Crippen molar-refractivity contribution < 1.29 is 0 Å². The molecule has 1 rings (SSSR count). The van der Waals surface area contributed by atoms with Gasteiger partial charge in [-0.3, -0.25) is 4.99 Å². The van der Waals surface area contributed by atoms with E-state index < -0.39 is 0 Å². The van der Waals surface area contributed by atoms with Crippen molar-refractivity contribution in [1.29, 1.82) is 0 Å². The monoisotopic (exact) mass is 239 g/mol. The van der Waals surface area contributed by atoms with Gasteiger partial charge in [0.05, 0.1) is 0 Å². The maximum absolute atomic E-state index is 5.86. The van der Waals surface area contributed by atoms with Gasteiger partial charge in [-0.1, -0.05) is 27.7 Å². The van der Waals surface area contributed by atoms with E-state index in [2.05, 4.69) is 38.0 Å². The molecule has 1 fully saturated rings. The normalized spacial score (nSPS) is 18.8. The second-order valence-electron chi connectivity index (χ2n) is 6.41. The summed E-state index contributed by atoms with van der Waals surface area (Å²) in [5, 5.41) is 3.20. The first kappa shape index (κ1) is 14.3. The van der Waals surface area contributed by atoms with Gasteiger partial charge < -0.3 is 11.1 Å². The Hall–Kier alpha value is -0.730. The van der Waals surface area contributed by atoms with E-state index in [9.17, 15) is 0 Å². The molecule has 1 saturated carbocycles. The number of rotatable bonds is 7. The first-order valence-electron chi connectivity index (χ1n) is 6.97. The highest BCUT2D eigenvalue weighted by molar-refractivity contribution is 5.77. The van der Waals surface area contributed by atoms with Gasteiger partial charge in [0, 0.05) is 13.1 Å². The molecule has 0 atom stereocenters. The molecule has 0 aromatic heterocycles. The molecule has 100 valence electrons. The molecule has 0 unspecified atom stereocenters. The highest BCUT2D eigenvalue weighted by Crippen LogP contribution is 2.50. The highest BCUT2D eigenvalue weighted by atomic mass is 15.1. The van der Waals surface area contributed by atoms with Crippen LogP contribution in [0.4, 0.5) is 0 Å². The van der Waals surface area contributed by atoms with Gasteiger partial charge in [0.2, 0.25) is 0 Å². The SMILES string of the molecule is CC(C)CCNC(N)=NCC1(CC(C)C)CC1. The second-order valence-corrected chi connectivity index (χ2v) is 6.41. The van der Waals surface area contributed by atoms with Crippen molar-refractivity contribution in [3.05, 3.63) is 0 Å². The molecule has 0 heterocycles. The largest absolute Gasteiger partial charge is 0.370 e. The third-order valence-corrected chi connectivity index (χ3v) is 3.41. The molecule has 0 amide bonds. The summed E-state index contributed by atoms with van der Waals surface area (Å²) in [4.78, 5) is 4.49. The van der Waals surface area contributed by atoms with E-state index in [4.69, 9.17) is 5.73 Å². The molecular weight excluding hydrogens is 210 g/mol. The topological polar surface area (TPSA) is 50.4 Å². The van der Waals surface area contributed by atoms with Crippen molar-refractivity contribution in [2.75, 3.05) is 13.1 Å². The standard InChI is InChI=1S/C14H29N3/c1-11(2)5-8-16-13(15)17-10-14(6-7-14)9-12(3)4/h11-12H,5-10H2,1-4H3,(H3,15,16,17). The summed E-state index contributed by atoms with van der Waals surface area (Å²) in [5.74, 6) is 2.11. The Morgan fingerprint density at radius 3 is 2.35 bits per heavy atom. The zero-order valence-corrected chi connectivity index (χ0v) is 11.9. The van der Waals surface area contributed by atoms with E-state index in [-0.39, 0.29) is 0 Å². The van der Waals surface area contributed by atoms with Crippen LogP contribution in [0.15, 0.2) is 4.99 Å². The van der Waals surface area contributed by atoms with Crippen LogP contribution in [0.3, 0.4) is 0 Å². The summed E-state index contributed by atoms with van der Waals surface area (Å²) in [6.07, 6.45) is 5.09. The van der Waals surface area contributed by atoms with E-state index in [0.717, 1.165) is 25.4 Å². The Morgan fingerprint density at radius 2 is 1.88 bits per heavy atom. The van der Waals surface area contributed by atoms with Crippen LogP contribution in [0.1, 0.15) is 53.4 Å². The van der Waals surface area contributed by atoms with Crippen molar-refractivity contribution in [1.82, 2.24) is 5.32 Å². The first-order chi connectivity index (χ1) is 7.93. The predicted molar refractivity (Wildman–Crippen MR) is 75.1 cm³/mol. The molecule has 3 heteroatoms. The number of nitrogens with two attached hydrogens (primary N) is 1. The van der Waals surface area contributed by atoms with Gasteiger partial charge in [0.15, 0.2) is 5.96 Å². The third kappa shape index (κ3) is 5.94. The number of guanidine groups is 1. The number of hydrogen-bond donors (Lipinski definition) is 2. The van der Waals surface area contributed by atoms with E-state index in [0.29, 0.717) is 17.3 Å². The van der Waals surface area contributed by atoms with Crippen LogP contribution >= 0.6 is 0 Å². The van der Waals surface area contributed by atoms with E-state index >= 15 is 0 Å². The van der Waals surface area contributed by atoms with Gasteiger partial charge >= 0.3 is 0 Å². The van der Waals surface area contributed by atoms with Crippen LogP contribution in [0.2, 0.25) is 0 Å². The van der Waals surface area contributed by atoms with E-state index in [1.54, 1.807) is 0 Å². The van der Waals surface area contributed by atoms with Crippen molar-refractivity contribution in [3.8, 4) is 0 Å². The van der Waals surface area contributed by atoms with Crippen LogP contribution in [0.25, 0.3) is 0 Å². The van der Waals surface area contributed by atoms with Crippen LogP contribution < -0.4 is 11.1 Å². The zero-order chi connectivity index (χ0) is 12.9. The molecule has 0 saturated heterocycles. The Bertz CT molecular complexity index is 252. The third-order valence-electron chi connectivity index (χ3n) is 3.41. The number of nitrogens with one attached hydrogen (secondary N) is 1. The van der Waals surface area contributed by atoms with E-state index in [1.807, 2.05) is 0 Å². The number of nitrogens with zero attached hydrogens (tertiary/aromatic N) is 1. The summed E-state index contributed by atoms with van der Waals surface area (Å²) in [5.41, 5.74) is 6.35. The first-order valence-corrected chi connectivity index (χ1v) is 6.97. The van der Waals surface area contributed by atoms with Gasteiger partial charge in [-0.05, 0) is 42.9 Å². The van der Waals surface area contributed by atoms with Crippen LogP contribution in [-0.2, 0) is 0 Å². The zero-order valence-electron chi connectivity index (χ0n) is 11.9. The lowest BCUT2D eigenvalue weighted by atomic mass is 9.94. The van der Waals surface area contributed by atoms with Crippen molar-refractivity contribution in [3.63, 3.8) is 0 Å². The molecule has 0 bridgehead atoms. The van der Waals surface area contributed by atoms with E-state index in [1.165, 1.54) is 19.3 Å². The average Bonchev–Trinajstić information content (AvgIpc) is 2.94. The predicted octanol–water partition coefficient (Wildman–Crippen LogP) is 2.76. The fraction of sp³-hybridized carbons (Fsp3) is 0.929. The molecule has 0 aromatic carbocycles. The maximum atomic E-state index is 5.86. The Kier molecular flexibility index (Phi) is 5.29. The van der Waals surface area contributed by atoms with Crippen LogP contribution in [-0.4, -0.2) is 19.0 Å². The summed E-state index contributed by atoms with van der Waals surface area (Å²) in [7, 11) is 0. The molecular formula is C14H29N3. The minimum absolute atomic E-state index is 0.485. The summed E-state index contributed by atoms with van der Waals surface area (Å²) >= 11 is 0. The molecule has 3 N–H and O–H groups in total. The van der Waals surface area contributed by atoms with Crippen molar-refractivity contribution in [2.45, 2.75) is 53.4 Å². The minimum Gasteiger partial charge on any atom is -0.370 e. The van der Waals surface area contributed by atoms with Gasteiger partial charge in [-0.2, -0.15) is 0 Å². The molecule has 1 aliphatic rings. The van der Waals surface area contributed by atoms with Gasteiger partial charge in [-0.15, -0.1) is 0 Å².